The van der Waals surface area contributed by atoms with Crippen molar-refractivity contribution in [2.75, 3.05) is 5.73 Å². The summed E-state index contributed by atoms with van der Waals surface area (Å²) >= 11 is 5.78. The summed E-state index contributed by atoms with van der Waals surface area (Å²) in [5.41, 5.74) is 6.24. The van der Waals surface area contributed by atoms with Crippen molar-refractivity contribution in [2.24, 2.45) is 0 Å². The zero-order chi connectivity index (χ0) is 14.9. The molecular weight excluding hydrogens is 308 g/mol. The molecule has 0 aliphatic carbocycles. The van der Waals surface area contributed by atoms with Crippen molar-refractivity contribution in [3.8, 4) is 0 Å². The molecule has 0 bridgehead atoms. The minimum absolute atomic E-state index is 0.264. The molecule has 0 saturated carbocycles. The predicted octanol–water partition coefficient (Wildman–Crippen LogP) is 3.17. The van der Waals surface area contributed by atoms with Crippen molar-refractivity contribution >= 4 is 27.1 Å². The first-order chi connectivity index (χ1) is 9.29. The average molecular weight is 318 g/mol. The van der Waals surface area contributed by atoms with E-state index in [1.807, 2.05) is 0 Å². The summed E-state index contributed by atoms with van der Waals surface area (Å²) in [6.45, 7) is 0. The van der Waals surface area contributed by atoms with Gasteiger partial charge in [-0.2, -0.15) is 0 Å². The second-order valence-electron chi connectivity index (χ2n) is 4.18. The van der Waals surface area contributed by atoms with Gasteiger partial charge in [0.05, 0.1) is 10.6 Å². The Morgan fingerprint density at radius 2 is 1.75 bits per heavy atom. The van der Waals surface area contributed by atoms with Crippen molar-refractivity contribution in [1.29, 1.82) is 0 Å². The zero-order valence-corrected chi connectivity index (χ0v) is 11.7. The summed E-state index contributed by atoms with van der Waals surface area (Å²) in [6.07, 6.45) is 0. The van der Waals surface area contributed by atoms with Crippen LogP contribution in [0.1, 0.15) is 5.56 Å². The summed E-state index contributed by atoms with van der Waals surface area (Å²) < 4.78 is 50.2. The van der Waals surface area contributed by atoms with Gasteiger partial charge < -0.3 is 5.73 Å². The molecule has 0 unspecified atom stereocenters. The quantitative estimate of drug-likeness (QED) is 0.698. The van der Waals surface area contributed by atoms with Gasteiger partial charge in [0.25, 0.3) is 0 Å². The molecule has 0 atom stereocenters. The molecule has 0 spiro atoms. The number of nitrogen functional groups attached to an aromatic ring is 1. The lowest BCUT2D eigenvalue weighted by molar-refractivity contribution is 0.504. The number of hydrogen-bond acceptors (Lipinski definition) is 3. The van der Waals surface area contributed by atoms with Crippen LogP contribution in [0.3, 0.4) is 0 Å². The van der Waals surface area contributed by atoms with Crippen LogP contribution < -0.4 is 5.73 Å². The Labute approximate surface area is 119 Å². The minimum Gasteiger partial charge on any atom is -0.398 e. The third-order valence-corrected chi connectivity index (χ3v) is 4.60. The highest BCUT2D eigenvalue weighted by atomic mass is 35.5. The Kier molecular flexibility index (Phi) is 3.96. The van der Waals surface area contributed by atoms with Gasteiger partial charge in [0, 0.05) is 10.7 Å². The largest absolute Gasteiger partial charge is 0.398 e. The minimum atomic E-state index is -3.84. The van der Waals surface area contributed by atoms with Crippen LogP contribution in [0.5, 0.6) is 0 Å². The molecule has 0 radical (unpaired) electrons. The van der Waals surface area contributed by atoms with Crippen molar-refractivity contribution in [1.82, 2.24) is 0 Å². The molecule has 0 saturated heterocycles. The molecule has 2 rings (SSSR count). The van der Waals surface area contributed by atoms with E-state index in [4.69, 9.17) is 17.3 Å². The number of rotatable bonds is 3. The molecule has 2 aromatic rings. The highest BCUT2D eigenvalue weighted by molar-refractivity contribution is 7.90. The van der Waals surface area contributed by atoms with Crippen LogP contribution in [0.4, 0.5) is 14.5 Å². The fourth-order valence-electron chi connectivity index (χ4n) is 1.66. The van der Waals surface area contributed by atoms with Crippen LogP contribution in [-0.2, 0) is 15.6 Å². The molecular formula is C13H10ClF2NO2S. The van der Waals surface area contributed by atoms with Gasteiger partial charge in [-0.25, -0.2) is 17.2 Å². The number of hydrogen-bond donors (Lipinski definition) is 1. The van der Waals surface area contributed by atoms with Crippen LogP contribution in [-0.4, -0.2) is 8.42 Å². The molecule has 0 aliphatic rings. The monoisotopic (exact) mass is 317 g/mol. The molecule has 106 valence electrons. The maximum Gasteiger partial charge on any atom is 0.182 e. The topological polar surface area (TPSA) is 60.2 Å². The third-order valence-electron chi connectivity index (χ3n) is 2.70. The van der Waals surface area contributed by atoms with E-state index in [1.54, 1.807) is 0 Å². The number of sulfone groups is 1. The summed E-state index contributed by atoms with van der Waals surface area (Å²) in [5.74, 6) is -2.76. The van der Waals surface area contributed by atoms with E-state index >= 15 is 0 Å². The molecule has 7 heteroatoms. The van der Waals surface area contributed by atoms with Crippen molar-refractivity contribution in [2.45, 2.75) is 10.6 Å². The maximum atomic E-state index is 13.1. The Morgan fingerprint density at radius 1 is 1.05 bits per heavy atom. The normalized spacial score (nSPS) is 11.6. The van der Waals surface area contributed by atoms with E-state index in [-0.39, 0.29) is 10.6 Å². The highest BCUT2D eigenvalue weighted by Gasteiger charge is 2.19. The van der Waals surface area contributed by atoms with Gasteiger partial charge in [0.15, 0.2) is 21.5 Å². The molecule has 0 heterocycles. The lowest BCUT2D eigenvalue weighted by atomic mass is 10.2. The molecule has 2 aromatic carbocycles. The van der Waals surface area contributed by atoms with Gasteiger partial charge in [-0.15, -0.1) is 0 Å². The lowest BCUT2D eigenvalue weighted by Crippen LogP contribution is -2.07. The first-order valence-electron chi connectivity index (χ1n) is 5.51. The van der Waals surface area contributed by atoms with Crippen LogP contribution in [0, 0.1) is 11.6 Å². The molecule has 20 heavy (non-hydrogen) atoms. The van der Waals surface area contributed by atoms with E-state index < -0.39 is 27.2 Å². The molecule has 3 nitrogen and oxygen atoms in total. The summed E-state index contributed by atoms with van der Waals surface area (Å²) in [4.78, 5) is -0.309. The van der Waals surface area contributed by atoms with Crippen LogP contribution >= 0.6 is 11.6 Å². The number of benzene rings is 2. The molecule has 0 aromatic heterocycles. The van der Waals surface area contributed by atoms with Crippen LogP contribution in [0.25, 0.3) is 0 Å². The summed E-state index contributed by atoms with van der Waals surface area (Å²) in [6, 6.07) is 6.86. The number of anilines is 1. The fourth-order valence-corrected chi connectivity index (χ4v) is 3.24. The first kappa shape index (κ1) is 14.7. The van der Waals surface area contributed by atoms with E-state index in [0.29, 0.717) is 16.7 Å². The second-order valence-corrected chi connectivity index (χ2v) is 6.60. The van der Waals surface area contributed by atoms with Gasteiger partial charge in [-0.3, -0.25) is 0 Å². The Balaban J connectivity index is 2.40. The van der Waals surface area contributed by atoms with Gasteiger partial charge in [-0.05, 0) is 42.0 Å². The third kappa shape index (κ3) is 3.08. The summed E-state index contributed by atoms with van der Waals surface area (Å²) in [7, 11) is -3.84. The lowest BCUT2D eigenvalue weighted by Gasteiger charge is -2.08. The second kappa shape index (κ2) is 5.38. The Hall–Kier alpha value is -1.66. The van der Waals surface area contributed by atoms with E-state index in [9.17, 15) is 17.2 Å². The zero-order valence-electron chi connectivity index (χ0n) is 10.1. The van der Waals surface area contributed by atoms with Crippen molar-refractivity contribution < 1.29 is 17.2 Å². The van der Waals surface area contributed by atoms with E-state index in [2.05, 4.69) is 0 Å². The smallest absolute Gasteiger partial charge is 0.182 e. The fraction of sp³-hybridized carbons (Fsp3) is 0.0769. The van der Waals surface area contributed by atoms with Crippen LogP contribution in [0.2, 0.25) is 5.02 Å². The summed E-state index contributed by atoms with van der Waals surface area (Å²) in [5, 5.41) is 0.342. The van der Waals surface area contributed by atoms with Gasteiger partial charge in [0.1, 0.15) is 0 Å². The maximum absolute atomic E-state index is 13.1. The SMILES string of the molecule is Nc1ccc(Cl)cc1CS(=O)(=O)c1ccc(F)c(F)c1. The van der Waals surface area contributed by atoms with Crippen molar-refractivity contribution in [3.05, 3.63) is 58.6 Å². The van der Waals surface area contributed by atoms with Gasteiger partial charge in [0.2, 0.25) is 0 Å². The van der Waals surface area contributed by atoms with E-state index in [0.717, 1.165) is 12.1 Å². The molecule has 0 fully saturated rings. The Bertz CT molecular complexity index is 763. The highest BCUT2D eigenvalue weighted by Crippen LogP contribution is 2.24. The van der Waals surface area contributed by atoms with Crippen LogP contribution in [0.15, 0.2) is 41.3 Å². The molecule has 0 aliphatic heterocycles. The van der Waals surface area contributed by atoms with Crippen molar-refractivity contribution in [3.63, 3.8) is 0 Å². The standard InChI is InChI=1S/C13H10ClF2NO2S/c14-9-1-4-13(17)8(5-9)7-20(18,19)10-2-3-11(15)12(16)6-10/h1-6H,7,17H2. The van der Waals surface area contributed by atoms with Gasteiger partial charge >= 0.3 is 0 Å². The number of nitrogens with two attached hydrogens (primary N) is 1. The predicted molar refractivity (Wildman–Crippen MR) is 73.1 cm³/mol. The first-order valence-corrected chi connectivity index (χ1v) is 7.54. The molecule has 2 N–H and O–H groups in total. The van der Waals surface area contributed by atoms with Gasteiger partial charge in [-0.1, -0.05) is 11.6 Å². The molecule has 0 amide bonds. The Morgan fingerprint density at radius 3 is 2.40 bits per heavy atom. The average Bonchev–Trinajstić information content (AvgIpc) is 2.36. The van der Waals surface area contributed by atoms with E-state index in [1.165, 1.54) is 18.2 Å². The number of halogens is 3.